The highest BCUT2D eigenvalue weighted by atomic mass is 16.1. The van der Waals surface area contributed by atoms with E-state index in [-0.39, 0.29) is 11.6 Å². The molecule has 0 fully saturated rings. The van der Waals surface area contributed by atoms with E-state index in [1.54, 1.807) is 13.8 Å². The van der Waals surface area contributed by atoms with Crippen molar-refractivity contribution in [1.82, 2.24) is 9.13 Å². The lowest BCUT2D eigenvalue weighted by molar-refractivity contribution is 0.0992. The third kappa shape index (κ3) is 1.59. The van der Waals surface area contributed by atoms with Gasteiger partial charge in [-0.3, -0.25) is 9.59 Å². The zero-order valence-corrected chi connectivity index (χ0v) is 11.4. The van der Waals surface area contributed by atoms with E-state index in [1.807, 2.05) is 29.7 Å². The molecule has 1 aliphatic rings. The number of ketones is 2. The van der Waals surface area contributed by atoms with Crippen LogP contribution >= 0.6 is 0 Å². The van der Waals surface area contributed by atoms with Crippen LogP contribution in [0.25, 0.3) is 11.4 Å². The molecular weight excluding hydrogens is 240 g/mol. The zero-order valence-electron chi connectivity index (χ0n) is 11.4. The Balaban J connectivity index is 2.24. The zero-order chi connectivity index (χ0) is 13.7. The lowest BCUT2D eigenvalue weighted by Crippen LogP contribution is -2.21. The fraction of sp³-hybridized carbons (Fsp3) is 0.333. The summed E-state index contributed by atoms with van der Waals surface area (Å²) in [6.45, 7) is 6.62. The maximum Gasteiger partial charge on any atom is 0.176 e. The summed E-state index contributed by atoms with van der Waals surface area (Å²) in [4.78, 5) is 23.3. The summed E-state index contributed by atoms with van der Waals surface area (Å²) in [5, 5.41) is 0. The summed E-state index contributed by atoms with van der Waals surface area (Å²) in [6.07, 6.45) is 0. The maximum absolute atomic E-state index is 11.7. The fourth-order valence-corrected chi connectivity index (χ4v) is 3.04. The van der Waals surface area contributed by atoms with Gasteiger partial charge in [0.05, 0.1) is 22.8 Å². The first-order valence-corrected chi connectivity index (χ1v) is 6.42. The topological polar surface area (TPSA) is 44.0 Å². The predicted molar refractivity (Wildman–Crippen MR) is 72.6 cm³/mol. The summed E-state index contributed by atoms with van der Waals surface area (Å²) in [6, 6.07) is 5.86. The van der Waals surface area contributed by atoms with Gasteiger partial charge in [0, 0.05) is 26.9 Å². The Labute approximate surface area is 111 Å². The van der Waals surface area contributed by atoms with Crippen LogP contribution in [-0.4, -0.2) is 20.7 Å². The molecule has 4 heteroatoms. The summed E-state index contributed by atoms with van der Waals surface area (Å²) >= 11 is 0. The van der Waals surface area contributed by atoms with Gasteiger partial charge in [-0.05, 0) is 30.7 Å². The quantitative estimate of drug-likeness (QED) is 0.775. The molecule has 98 valence electrons. The molecule has 0 bridgehead atoms. The molecule has 3 heterocycles. The van der Waals surface area contributed by atoms with Gasteiger partial charge in [0.1, 0.15) is 0 Å². The van der Waals surface area contributed by atoms with Crippen LogP contribution in [0.2, 0.25) is 0 Å². The van der Waals surface area contributed by atoms with E-state index in [0.29, 0.717) is 0 Å². The highest BCUT2D eigenvalue weighted by Crippen LogP contribution is 2.31. The van der Waals surface area contributed by atoms with E-state index < -0.39 is 0 Å². The van der Waals surface area contributed by atoms with Crippen LogP contribution in [0, 0.1) is 6.92 Å². The monoisotopic (exact) mass is 256 g/mol. The standard InChI is InChI=1S/C15H16N2O2/c1-9-8-14-13-5-4-12(10(2)18)16(13)6-7-17(14)15(9)11(3)19/h4-5,8H,6-7H2,1-3H3. The number of hydrogen-bond donors (Lipinski definition) is 0. The Morgan fingerprint density at radius 1 is 1.00 bits per heavy atom. The number of aryl methyl sites for hydroxylation is 1. The van der Waals surface area contributed by atoms with Crippen molar-refractivity contribution in [3.8, 4) is 11.4 Å². The second kappa shape index (κ2) is 3.95. The van der Waals surface area contributed by atoms with Crippen LogP contribution in [0.3, 0.4) is 0 Å². The second-order valence-corrected chi connectivity index (χ2v) is 5.08. The molecule has 2 aromatic heterocycles. The van der Waals surface area contributed by atoms with Crippen LogP contribution in [-0.2, 0) is 13.1 Å². The third-order valence-electron chi connectivity index (χ3n) is 3.77. The van der Waals surface area contributed by atoms with E-state index in [9.17, 15) is 9.59 Å². The molecule has 0 amide bonds. The predicted octanol–water partition coefficient (Wildman–Crippen LogP) is 2.68. The largest absolute Gasteiger partial charge is 0.335 e. The first kappa shape index (κ1) is 12.0. The SMILES string of the molecule is CC(=O)c1ccc2n1CCn1c-2cc(C)c1C(C)=O. The fourth-order valence-electron chi connectivity index (χ4n) is 3.04. The smallest absolute Gasteiger partial charge is 0.176 e. The minimum absolute atomic E-state index is 0.0785. The number of Topliss-reactive ketones (excluding diaryl/α,β-unsaturated/α-hetero) is 2. The minimum Gasteiger partial charge on any atom is -0.335 e. The van der Waals surface area contributed by atoms with Gasteiger partial charge in [0.2, 0.25) is 0 Å². The van der Waals surface area contributed by atoms with E-state index >= 15 is 0 Å². The van der Waals surface area contributed by atoms with Crippen molar-refractivity contribution < 1.29 is 9.59 Å². The Hall–Kier alpha value is -2.10. The van der Waals surface area contributed by atoms with E-state index in [1.165, 1.54) is 0 Å². The lowest BCUT2D eigenvalue weighted by Gasteiger charge is -2.22. The van der Waals surface area contributed by atoms with Crippen molar-refractivity contribution >= 4 is 11.6 Å². The maximum atomic E-state index is 11.7. The van der Waals surface area contributed by atoms with Crippen molar-refractivity contribution in [1.29, 1.82) is 0 Å². The number of aromatic nitrogens is 2. The van der Waals surface area contributed by atoms with Crippen LogP contribution in [0.4, 0.5) is 0 Å². The summed E-state index contributed by atoms with van der Waals surface area (Å²) in [5.74, 6) is 0.172. The van der Waals surface area contributed by atoms with Gasteiger partial charge in [-0.15, -0.1) is 0 Å². The number of fused-ring (bicyclic) bond motifs is 3. The van der Waals surface area contributed by atoms with Gasteiger partial charge in [-0.25, -0.2) is 0 Å². The molecule has 2 aromatic rings. The van der Waals surface area contributed by atoms with E-state index in [0.717, 1.165) is 41.4 Å². The molecular formula is C15H16N2O2. The molecule has 3 rings (SSSR count). The Bertz CT molecular complexity index is 704. The van der Waals surface area contributed by atoms with Crippen LogP contribution < -0.4 is 0 Å². The molecule has 0 spiro atoms. The summed E-state index contributed by atoms with van der Waals surface area (Å²) < 4.78 is 4.11. The average molecular weight is 256 g/mol. The van der Waals surface area contributed by atoms with Crippen molar-refractivity contribution in [3.63, 3.8) is 0 Å². The summed E-state index contributed by atoms with van der Waals surface area (Å²) in [7, 11) is 0. The van der Waals surface area contributed by atoms with Gasteiger partial charge in [0.25, 0.3) is 0 Å². The van der Waals surface area contributed by atoms with Crippen LogP contribution in [0.1, 0.15) is 40.4 Å². The highest BCUT2D eigenvalue weighted by molar-refractivity contribution is 5.96. The van der Waals surface area contributed by atoms with Gasteiger partial charge < -0.3 is 9.13 Å². The first-order valence-electron chi connectivity index (χ1n) is 6.42. The Morgan fingerprint density at radius 3 is 2.32 bits per heavy atom. The van der Waals surface area contributed by atoms with Gasteiger partial charge in [-0.2, -0.15) is 0 Å². The molecule has 0 aliphatic carbocycles. The summed E-state index contributed by atoms with van der Waals surface area (Å²) in [5.41, 5.74) is 4.58. The molecule has 19 heavy (non-hydrogen) atoms. The number of rotatable bonds is 2. The number of carbonyl (C=O) groups is 2. The lowest BCUT2D eigenvalue weighted by atomic mass is 10.2. The molecule has 4 nitrogen and oxygen atoms in total. The molecule has 0 atom stereocenters. The molecule has 1 aliphatic heterocycles. The van der Waals surface area contributed by atoms with Crippen molar-refractivity contribution in [2.24, 2.45) is 0 Å². The normalized spacial score (nSPS) is 13.0. The van der Waals surface area contributed by atoms with Gasteiger partial charge >= 0.3 is 0 Å². The van der Waals surface area contributed by atoms with Gasteiger partial charge in [-0.1, -0.05) is 0 Å². The first-order chi connectivity index (χ1) is 9.00. The van der Waals surface area contributed by atoms with E-state index in [2.05, 4.69) is 4.57 Å². The van der Waals surface area contributed by atoms with E-state index in [4.69, 9.17) is 0 Å². The number of nitrogens with zero attached hydrogens (tertiary/aromatic N) is 2. The minimum atomic E-state index is 0.0785. The molecule has 0 saturated carbocycles. The molecule has 0 aromatic carbocycles. The third-order valence-corrected chi connectivity index (χ3v) is 3.77. The number of hydrogen-bond acceptors (Lipinski definition) is 2. The van der Waals surface area contributed by atoms with Crippen LogP contribution in [0.5, 0.6) is 0 Å². The molecule has 0 N–H and O–H groups in total. The second-order valence-electron chi connectivity index (χ2n) is 5.08. The van der Waals surface area contributed by atoms with Crippen molar-refractivity contribution in [3.05, 3.63) is 35.2 Å². The molecule has 0 radical (unpaired) electrons. The molecule has 0 saturated heterocycles. The van der Waals surface area contributed by atoms with Gasteiger partial charge in [0.15, 0.2) is 11.6 Å². The highest BCUT2D eigenvalue weighted by Gasteiger charge is 2.24. The Kier molecular flexibility index (Phi) is 2.49. The Morgan fingerprint density at radius 2 is 1.68 bits per heavy atom. The van der Waals surface area contributed by atoms with Crippen molar-refractivity contribution in [2.75, 3.05) is 0 Å². The van der Waals surface area contributed by atoms with Crippen molar-refractivity contribution in [2.45, 2.75) is 33.9 Å². The van der Waals surface area contributed by atoms with Crippen LogP contribution in [0.15, 0.2) is 18.2 Å². The average Bonchev–Trinajstić information content (AvgIpc) is 2.87. The number of carbonyl (C=O) groups excluding carboxylic acids is 2. The molecule has 0 unspecified atom stereocenters.